The van der Waals surface area contributed by atoms with Crippen molar-refractivity contribution in [2.24, 2.45) is 5.41 Å². The third-order valence-electron chi connectivity index (χ3n) is 4.67. The molecule has 7 heteroatoms. The number of nitrogens with zero attached hydrogens (tertiary/aromatic N) is 3. The van der Waals surface area contributed by atoms with E-state index < -0.39 is 0 Å². The van der Waals surface area contributed by atoms with Crippen LogP contribution in [-0.4, -0.2) is 39.1 Å². The Balaban J connectivity index is 1.49. The van der Waals surface area contributed by atoms with Crippen LogP contribution in [0.1, 0.15) is 23.8 Å². The minimum atomic E-state index is -0.263. The van der Waals surface area contributed by atoms with Crippen molar-refractivity contribution in [2.75, 3.05) is 18.5 Å². The van der Waals surface area contributed by atoms with E-state index in [1.54, 1.807) is 17.1 Å². The molecular weight excluding hydrogens is 306 g/mol. The molecule has 0 aliphatic carbocycles. The largest absolute Gasteiger partial charge is 0.380 e. The van der Waals surface area contributed by atoms with Crippen molar-refractivity contribution in [1.29, 1.82) is 0 Å². The third kappa shape index (κ3) is 2.56. The zero-order valence-electron chi connectivity index (χ0n) is 13.5. The molecule has 7 nitrogen and oxygen atoms in total. The van der Waals surface area contributed by atoms with Crippen LogP contribution in [0.5, 0.6) is 0 Å². The van der Waals surface area contributed by atoms with Gasteiger partial charge < -0.3 is 15.0 Å². The molecule has 24 heavy (non-hydrogen) atoms. The first-order valence-corrected chi connectivity index (χ1v) is 8.04. The van der Waals surface area contributed by atoms with Crippen molar-refractivity contribution in [3.05, 3.63) is 42.4 Å². The average Bonchev–Trinajstić information content (AvgIpc) is 3.18. The average molecular weight is 325 g/mol. The number of aromatic amines is 1. The Morgan fingerprint density at radius 1 is 1.42 bits per heavy atom. The zero-order valence-corrected chi connectivity index (χ0v) is 13.5. The topological polar surface area (TPSA) is 84.8 Å². The van der Waals surface area contributed by atoms with E-state index in [9.17, 15) is 4.79 Å². The number of hydrogen-bond donors (Lipinski definition) is 2. The molecule has 0 saturated carbocycles. The Labute approximate surface area is 139 Å². The second-order valence-electron chi connectivity index (χ2n) is 6.35. The number of fused-ring (bicyclic) bond motifs is 1. The first-order chi connectivity index (χ1) is 11.7. The molecule has 0 radical (unpaired) electrons. The Kier molecular flexibility index (Phi) is 3.57. The summed E-state index contributed by atoms with van der Waals surface area (Å²) >= 11 is 0. The second-order valence-corrected chi connectivity index (χ2v) is 6.35. The van der Waals surface area contributed by atoms with E-state index in [1.165, 1.54) is 0 Å². The number of H-pyrrole nitrogens is 1. The van der Waals surface area contributed by atoms with E-state index >= 15 is 0 Å². The molecule has 1 saturated heterocycles. The number of ether oxygens (including phenoxy) is 1. The predicted molar refractivity (Wildman–Crippen MR) is 89.8 cm³/mol. The molecule has 1 fully saturated rings. The van der Waals surface area contributed by atoms with Gasteiger partial charge >= 0.3 is 0 Å². The summed E-state index contributed by atoms with van der Waals surface area (Å²) in [5, 5.41) is 11.9. The predicted octanol–water partition coefficient (Wildman–Crippen LogP) is 2.44. The maximum absolute atomic E-state index is 12.4. The summed E-state index contributed by atoms with van der Waals surface area (Å²) < 4.78 is 7.05. The molecule has 0 unspecified atom stereocenters. The zero-order chi connectivity index (χ0) is 16.6. The first kappa shape index (κ1) is 14.9. The Morgan fingerprint density at radius 3 is 3.00 bits per heavy atom. The summed E-state index contributed by atoms with van der Waals surface area (Å²) in [6, 6.07) is 7.81. The van der Waals surface area contributed by atoms with Crippen LogP contribution < -0.4 is 5.32 Å². The number of aromatic nitrogens is 4. The molecule has 0 atom stereocenters. The van der Waals surface area contributed by atoms with Crippen LogP contribution in [0.2, 0.25) is 0 Å². The molecule has 2 N–H and O–H groups in total. The molecule has 1 aromatic carbocycles. The standard InChI is InChI=1S/C17H19N5O2/c1-2-17(10-24-11-17)9-22-8-15(20-21-22)16(23)19-14-7-18-13-6-4-3-5-12(13)14/h3-8,18H,2,9-11H2,1H3,(H,19,23). The Bertz CT molecular complexity index is 872. The number of para-hydroxylation sites is 1. The van der Waals surface area contributed by atoms with Crippen molar-refractivity contribution < 1.29 is 9.53 Å². The van der Waals surface area contributed by atoms with Gasteiger partial charge in [0.2, 0.25) is 0 Å². The molecule has 2 aromatic heterocycles. The molecule has 1 aliphatic rings. The fourth-order valence-corrected chi connectivity index (χ4v) is 2.98. The second kappa shape index (κ2) is 5.76. The minimum absolute atomic E-state index is 0.123. The third-order valence-corrected chi connectivity index (χ3v) is 4.67. The summed E-state index contributed by atoms with van der Waals surface area (Å²) in [5.41, 5.74) is 2.15. The summed E-state index contributed by atoms with van der Waals surface area (Å²) in [4.78, 5) is 15.6. The quantitative estimate of drug-likeness (QED) is 0.754. The van der Waals surface area contributed by atoms with Crippen molar-refractivity contribution in [2.45, 2.75) is 19.9 Å². The van der Waals surface area contributed by atoms with E-state index in [0.717, 1.165) is 42.8 Å². The summed E-state index contributed by atoms with van der Waals surface area (Å²) in [6.07, 6.45) is 4.49. The van der Waals surface area contributed by atoms with Gasteiger partial charge in [-0.15, -0.1) is 5.10 Å². The highest BCUT2D eigenvalue weighted by molar-refractivity contribution is 6.07. The summed E-state index contributed by atoms with van der Waals surface area (Å²) in [7, 11) is 0. The van der Waals surface area contributed by atoms with Gasteiger partial charge in [-0.3, -0.25) is 9.48 Å². The number of carbonyl (C=O) groups is 1. The Morgan fingerprint density at radius 2 is 2.25 bits per heavy atom. The number of nitrogens with one attached hydrogen (secondary N) is 2. The number of carbonyl (C=O) groups excluding carboxylic acids is 1. The Hall–Kier alpha value is -2.67. The van der Waals surface area contributed by atoms with Crippen molar-refractivity contribution in [3.8, 4) is 0 Å². The maximum atomic E-state index is 12.4. The lowest BCUT2D eigenvalue weighted by molar-refractivity contribution is -0.125. The minimum Gasteiger partial charge on any atom is -0.380 e. The monoisotopic (exact) mass is 325 g/mol. The van der Waals surface area contributed by atoms with Gasteiger partial charge in [-0.25, -0.2) is 0 Å². The SMILES string of the molecule is CCC1(Cn2cc(C(=O)Nc3c[nH]c4ccccc34)nn2)COC1. The lowest BCUT2D eigenvalue weighted by Gasteiger charge is -2.40. The van der Waals surface area contributed by atoms with Gasteiger partial charge in [0, 0.05) is 22.5 Å². The van der Waals surface area contributed by atoms with E-state index in [4.69, 9.17) is 4.74 Å². The lowest BCUT2D eigenvalue weighted by Crippen LogP contribution is -2.45. The maximum Gasteiger partial charge on any atom is 0.277 e. The summed E-state index contributed by atoms with van der Waals surface area (Å²) in [5.74, 6) is -0.263. The number of rotatable bonds is 5. The van der Waals surface area contributed by atoms with E-state index in [0.29, 0.717) is 5.69 Å². The molecular formula is C17H19N5O2. The van der Waals surface area contributed by atoms with Crippen LogP contribution in [0.4, 0.5) is 5.69 Å². The molecule has 4 rings (SSSR count). The molecule has 124 valence electrons. The molecule has 0 spiro atoms. The van der Waals surface area contributed by atoms with Gasteiger partial charge in [0.05, 0.1) is 31.6 Å². The van der Waals surface area contributed by atoms with E-state index in [1.807, 2.05) is 24.3 Å². The van der Waals surface area contributed by atoms with Gasteiger partial charge in [-0.2, -0.15) is 0 Å². The van der Waals surface area contributed by atoms with Crippen LogP contribution >= 0.6 is 0 Å². The van der Waals surface area contributed by atoms with Crippen LogP contribution in [0.15, 0.2) is 36.7 Å². The van der Waals surface area contributed by atoms with Crippen molar-refractivity contribution in [3.63, 3.8) is 0 Å². The highest BCUT2D eigenvalue weighted by atomic mass is 16.5. The van der Waals surface area contributed by atoms with Gasteiger partial charge in [0.1, 0.15) is 0 Å². The van der Waals surface area contributed by atoms with Gasteiger partial charge in [0.15, 0.2) is 5.69 Å². The molecule has 3 aromatic rings. The highest BCUT2D eigenvalue weighted by Crippen LogP contribution is 2.32. The van der Waals surface area contributed by atoms with E-state index in [-0.39, 0.29) is 11.3 Å². The number of benzene rings is 1. The van der Waals surface area contributed by atoms with E-state index in [2.05, 4.69) is 27.5 Å². The number of hydrogen-bond acceptors (Lipinski definition) is 4. The number of anilines is 1. The van der Waals surface area contributed by atoms with Gasteiger partial charge in [-0.05, 0) is 12.5 Å². The van der Waals surface area contributed by atoms with Crippen LogP contribution in [-0.2, 0) is 11.3 Å². The fourth-order valence-electron chi connectivity index (χ4n) is 2.98. The van der Waals surface area contributed by atoms with Crippen LogP contribution in [0, 0.1) is 5.41 Å². The summed E-state index contributed by atoms with van der Waals surface area (Å²) in [6.45, 7) is 4.33. The van der Waals surface area contributed by atoms with Crippen LogP contribution in [0.3, 0.4) is 0 Å². The number of amides is 1. The van der Waals surface area contributed by atoms with Gasteiger partial charge in [-0.1, -0.05) is 30.3 Å². The fraction of sp³-hybridized carbons (Fsp3) is 0.353. The smallest absolute Gasteiger partial charge is 0.277 e. The lowest BCUT2D eigenvalue weighted by atomic mass is 9.83. The normalized spacial score (nSPS) is 16.0. The molecule has 1 aliphatic heterocycles. The van der Waals surface area contributed by atoms with Gasteiger partial charge in [0.25, 0.3) is 5.91 Å². The highest BCUT2D eigenvalue weighted by Gasteiger charge is 2.37. The van der Waals surface area contributed by atoms with Crippen molar-refractivity contribution >= 4 is 22.5 Å². The molecule has 3 heterocycles. The molecule has 0 bridgehead atoms. The van der Waals surface area contributed by atoms with Crippen molar-refractivity contribution in [1.82, 2.24) is 20.0 Å². The van der Waals surface area contributed by atoms with Crippen LogP contribution in [0.25, 0.3) is 10.9 Å². The molecule has 1 amide bonds. The first-order valence-electron chi connectivity index (χ1n) is 8.04.